The van der Waals surface area contributed by atoms with Gasteiger partial charge in [0.05, 0.1) is 6.61 Å². The molecule has 3 rings (SSSR count). The van der Waals surface area contributed by atoms with E-state index in [1.54, 1.807) is 18.2 Å². The van der Waals surface area contributed by atoms with Crippen LogP contribution in [0.1, 0.15) is 57.4 Å². The van der Waals surface area contributed by atoms with Gasteiger partial charge in [-0.2, -0.15) is 0 Å². The Morgan fingerprint density at radius 1 is 1.30 bits per heavy atom. The molecule has 6 heteroatoms. The predicted molar refractivity (Wildman–Crippen MR) is 108 cm³/mol. The summed E-state index contributed by atoms with van der Waals surface area (Å²) in [4.78, 5) is 30.3. The Kier molecular flexibility index (Phi) is 6.38. The fourth-order valence-corrected chi connectivity index (χ4v) is 4.33. The number of rotatable bonds is 5. The molecule has 1 aromatic rings. The Hall–Kier alpha value is -1.65. The van der Waals surface area contributed by atoms with Gasteiger partial charge in [0.15, 0.2) is 5.78 Å². The summed E-state index contributed by atoms with van der Waals surface area (Å²) in [5, 5.41) is 0.954. The van der Waals surface area contributed by atoms with Crippen molar-refractivity contribution in [2.75, 3.05) is 6.61 Å². The molecule has 0 saturated carbocycles. The molecule has 1 aliphatic carbocycles. The quantitative estimate of drug-likeness (QED) is 0.476. The highest BCUT2D eigenvalue weighted by Crippen LogP contribution is 2.45. The summed E-state index contributed by atoms with van der Waals surface area (Å²) in [5.74, 6) is -1.45. The maximum atomic E-state index is 12.9. The van der Waals surface area contributed by atoms with Gasteiger partial charge in [0, 0.05) is 39.4 Å². The first-order chi connectivity index (χ1) is 12.9. The van der Waals surface area contributed by atoms with E-state index in [0.29, 0.717) is 34.4 Å². The Bertz CT molecular complexity index is 829. The second-order valence-electron chi connectivity index (χ2n) is 7.03. The van der Waals surface area contributed by atoms with Crippen LogP contribution in [0.4, 0.5) is 0 Å². The fraction of sp³-hybridized carbons (Fsp3) is 0.476. The maximum absolute atomic E-state index is 12.9. The normalized spacial score (nSPS) is 22.4. The standard InChI is InChI=1S/C21H23Cl2NO3/c1-3-4-10-27-21(26)18-12(2)24-16-6-5-7-17(25)20(16)19(18)14-9-8-13(22)11-15(14)23/h8-9,11,18-19H,3-7,10H2,1-2H3. The largest absolute Gasteiger partial charge is 0.465 e. The third-order valence-electron chi connectivity index (χ3n) is 5.13. The number of unbranched alkanes of at least 4 members (excludes halogenated alkanes) is 1. The molecule has 144 valence electrons. The molecule has 0 N–H and O–H groups in total. The van der Waals surface area contributed by atoms with Crippen LogP contribution in [0, 0.1) is 5.92 Å². The second kappa shape index (κ2) is 8.57. The molecule has 0 bridgehead atoms. The summed E-state index contributed by atoms with van der Waals surface area (Å²) in [5.41, 5.74) is 2.77. The first kappa shape index (κ1) is 20.1. The van der Waals surface area contributed by atoms with Gasteiger partial charge in [0.2, 0.25) is 0 Å². The molecular formula is C21H23Cl2NO3. The molecule has 0 amide bonds. The van der Waals surface area contributed by atoms with Crippen LogP contribution >= 0.6 is 23.2 Å². The zero-order valence-corrected chi connectivity index (χ0v) is 17.1. The average Bonchev–Trinajstić information content (AvgIpc) is 2.61. The number of esters is 1. The second-order valence-corrected chi connectivity index (χ2v) is 7.88. The van der Waals surface area contributed by atoms with E-state index in [2.05, 4.69) is 4.99 Å². The number of carbonyl (C=O) groups excluding carboxylic acids is 2. The number of allylic oxidation sites excluding steroid dienone is 2. The number of carbonyl (C=O) groups is 2. The molecule has 1 aromatic carbocycles. The maximum Gasteiger partial charge on any atom is 0.315 e. The molecule has 0 aromatic heterocycles. The minimum Gasteiger partial charge on any atom is -0.465 e. The lowest BCUT2D eigenvalue weighted by Crippen LogP contribution is -2.37. The number of ether oxygens (including phenoxy) is 1. The van der Waals surface area contributed by atoms with Crippen molar-refractivity contribution in [3.63, 3.8) is 0 Å². The Labute approximate surface area is 169 Å². The summed E-state index contributed by atoms with van der Waals surface area (Å²) in [6.45, 7) is 4.22. The lowest BCUT2D eigenvalue weighted by molar-refractivity contribution is -0.146. The van der Waals surface area contributed by atoms with Crippen LogP contribution in [0.25, 0.3) is 0 Å². The van der Waals surface area contributed by atoms with E-state index in [-0.39, 0.29) is 11.8 Å². The van der Waals surface area contributed by atoms with Crippen molar-refractivity contribution in [3.8, 4) is 0 Å². The molecule has 27 heavy (non-hydrogen) atoms. The molecule has 0 saturated heterocycles. The molecular weight excluding hydrogens is 385 g/mol. The molecule has 1 aliphatic heterocycles. The molecule has 0 radical (unpaired) electrons. The van der Waals surface area contributed by atoms with Crippen LogP contribution in [0.2, 0.25) is 10.0 Å². The average molecular weight is 408 g/mol. The molecule has 1 heterocycles. The van der Waals surface area contributed by atoms with Gasteiger partial charge in [-0.3, -0.25) is 14.6 Å². The number of Topliss-reactive ketones (excluding diaryl/α,β-unsaturated/α-hetero) is 1. The van der Waals surface area contributed by atoms with Crippen molar-refractivity contribution in [3.05, 3.63) is 45.1 Å². The van der Waals surface area contributed by atoms with Crippen molar-refractivity contribution in [2.24, 2.45) is 10.9 Å². The highest BCUT2D eigenvalue weighted by Gasteiger charge is 2.43. The van der Waals surface area contributed by atoms with Gasteiger partial charge in [-0.05, 0) is 43.9 Å². The first-order valence-corrected chi connectivity index (χ1v) is 10.1. The van der Waals surface area contributed by atoms with Crippen molar-refractivity contribution < 1.29 is 14.3 Å². The van der Waals surface area contributed by atoms with Crippen LogP contribution in [0.3, 0.4) is 0 Å². The summed E-state index contributed by atoms with van der Waals surface area (Å²) in [6, 6.07) is 5.18. The highest BCUT2D eigenvalue weighted by molar-refractivity contribution is 6.35. The van der Waals surface area contributed by atoms with Gasteiger partial charge in [0.1, 0.15) is 5.92 Å². The van der Waals surface area contributed by atoms with Crippen molar-refractivity contribution in [1.82, 2.24) is 0 Å². The topological polar surface area (TPSA) is 55.7 Å². The first-order valence-electron chi connectivity index (χ1n) is 9.37. The lowest BCUT2D eigenvalue weighted by Gasteiger charge is -2.34. The van der Waals surface area contributed by atoms with Gasteiger partial charge < -0.3 is 4.74 Å². The van der Waals surface area contributed by atoms with E-state index in [9.17, 15) is 9.59 Å². The number of halogens is 2. The summed E-state index contributed by atoms with van der Waals surface area (Å²) >= 11 is 12.5. The van der Waals surface area contributed by atoms with E-state index >= 15 is 0 Å². The molecule has 2 unspecified atom stereocenters. The Balaban J connectivity index is 2.08. The molecule has 0 fully saturated rings. The lowest BCUT2D eigenvalue weighted by atomic mass is 9.71. The highest BCUT2D eigenvalue weighted by atomic mass is 35.5. The number of nitrogens with zero attached hydrogens (tertiary/aromatic N) is 1. The summed E-state index contributed by atoms with van der Waals surface area (Å²) in [6.07, 6.45) is 3.71. The van der Waals surface area contributed by atoms with Crippen LogP contribution in [0.5, 0.6) is 0 Å². The minimum atomic E-state index is -0.652. The van der Waals surface area contributed by atoms with Crippen molar-refractivity contribution in [2.45, 2.75) is 51.9 Å². The smallest absolute Gasteiger partial charge is 0.315 e. The van der Waals surface area contributed by atoms with Gasteiger partial charge in [-0.15, -0.1) is 0 Å². The molecule has 2 atom stereocenters. The van der Waals surface area contributed by atoms with Gasteiger partial charge >= 0.3 is 5.97 Å². The van der Waals surface area contributed by atoms with Crippen molar-refractivity contribution in [1.29, 1.82) is 0 Å². The summed E-state index contributed by atoms with van der Waals surface area (Å²) < 4.78 is 5.50. The SMILES string of the molecule is CCCCOC(=O)C1C(C)=NC2=C(C(=O)CCC2)C1c1ccc(Cl)cc1Cl. The van der Waals surface area contributed by atoms with Crippen LogP contribution < -0.4 is 0 Å². The predicted octanol–water partition coefficient (Wildman–Crippen LogP) is 5.52. The summed E-state index contributed by atoms with van der Waals surface area (Å²) in [7, 11) is 0. The van der Waals surface area contributed by atoms with Gasteiger partial charge in [-0.1, -0.05) is 42.6 Å². The Morgan fingerprint density at radius 2 is 2.07 bits per heavy atom. The zero-order valence-electron chi connectivity index (χ0n) is 15.6. The van der Waals surface area contributed by atoms with Crippen molar-refractivity contribution >= 4 is 40.7 Å². The van der Waals surface area contributed by atoms with E-state index < -0.39 is 11.8 Å². The Morgan fingerprint density at radius 3 is 2.78 bits per heavy atom. The number of aliphatic imine (C=N–C) groups is 1. The fourth-order valence-electron chi connectivity index (χ4n) is 3.81. The van der Waals surface area contributed by atoms with E-state index in [1.165, 1.54) is 0 Å². The number of benzene rings is 1. The molecule has 4 nitrogen and oxygen atoms in total. The van der Waals surface area contributed by atoms with E-state index in [1.807, 2.05) is 13.8 Å². The van der Waals surface area contributed by atoms with E-state index in [4.69, 9.17) is 27.9 Å². The zero-order chi connectivity index (χ0) is 19.6. The van der Waals surface area contributed by atoms with Crippen LogP contribution in [-0.2, 0) is 14.3 Å². The number of hydrogen-bond acceptors (Lipinski definition) is 4. The van der Waals surface area contributed by atoms with Crippen LogP contribution in [-0.4, -0.2) is 24.1 Å². The minimum absolute atomic E-state index is 0.0369. The van der Waals surface area contributed by atoms with Crippen LogP contribution in [0.15, 0.2) is 34.5 Å². The molecule has 2 aliphatic rings. The van der Waals surface area contributed by atoms with Gasteiger partial charge in [0.25, 0.3) is 0 Å². The third kappa shape index (κ3) is 4.12. The van der Waals surface area contributed by atoms with E-state index in [0.717, 1.165) is 36.9 Å². The van der Waals surface area contributed by atoms with Gasteiger partial charge in [-0.25, -0.2) is 0 Å². The monoisotopic (exact) mass is 407 g/mol. The molecule has 0 spiro atoms. The number of ketones is 1. The third-order valence-corrected chi connectivity index (χ3v) is 5.69. The number of hydrogen-bond donors (Lipinski definition) is 0.